The predicted molar refractivity (Wildman–Crippen MR) is 116 cm³/mol. The second kappa shape index (κ2) is 9.43. The molecule has 2 aliphatic rings. The molecule has 0 bridgehead atoms. The number of nitrogens with one attached hydrogen (secondary N) is 1. The molecule has 1 aromatic carbocycles. The van der Waals surface area contributed by atoms with Gasteiger partial charge in [-0.1, -0.05) is 12.1 Å². The first kappa shape index (κ1) is 21.2. The van der Waals surface area contributed by atoms with E-state index in [9.17, 15) is 14.7 Å². The molecule has 2 N–H and O–H groups in total. The molecular weight excluding hydrogens is 396 g/mol. The number of carbonyl (C=O) groups is 2. The number of urea groups is 1. The fourth-order valence-corrected chi connectivity index (χ4v) is 4.33. The van der Waals surface area contributed by atoms with Gasteiger partial charge in [0, 0.05) is 32.7 Å². The van der Waals surface area contributed by atoms with Crippen molar-refractivity contribution in [1.29, 1.82) is 0 Å². The lowest BCUT2D eigenvalue weighted by Crippen LogP contribution is -2.53. The first-order valence-electron chi connectivity index (χ1n) is 10.9. The summed E-state index contributed by atoms with van der Waals surface area (Å²) in [6.45, 7) is 6.22. The molecule has 0 spiro atoms. The third-order valence-electron chi connectivity index (χ3n) is 6.11. The number of para-hydroxylation sites is 1. The van der Waals surface area contributed by atoms with Gasteiger partial charge in [0.15, 0.2) is 0 Å². The van der Waals surface area contributed by atoms with Gasteiger partial charge in [-0.05, 0) is 57.1 Å². The summed E-state index contributed by atoms with van der Waals surface area (Å²) in [5, 5.41) is 13.0. The standard InChI is InChI=1S/C23H30N4O4/c1-17-8-9-21(31-17)19(25-10-4-5-11-25)16-24-23(30)27-14-12-26(13-15-27)22(29)18-6-2-3-7-20(18)28/h2-3,6-9,19,28H,4-5,10-16H2,1H3,(H,24,30). The Kier molecular flexibility index (Phi) is 6.46. The first-order valence-corrected chi connectivity index (χ1v) is 10.9. The molecule has 0 aliphatic carbocycles. The van der Waals surface area contributed by atoms with Gasteiger partial charge < -0.3 is 24.6 Å². The average Bonchev–Trinajstić information content (AvgIpc) is 3.46. The number of piperazine rings is 1. The SMILES string of the molecule is Cc1ccc(C(CNC(=O)N2CCN(C(=O)c3ccccc3O)CC2)N2CCCC2)o1. The third-order valence-corrected chi connectivity index (χ3v) is 6.11. The largest absolute Gasteiger partial charge is 0.507 e. The van der Waals surface area contributed by atoms with E-state index in [0.29, 0.717) is 38.3 Å². The maximum absolute atomic E-state index is 12.8. The van der Waals surface area contributed by atoms with Crippen molar-refractivity contribution >= 4 is 11.9 Å². The maximum atomic E-state index is 12.8. The number of aromatic hydroxyl groups is 1. The fourth-order valence-electron chi connectivity index (χ4n) is 4.33. The van der Waals surface area contributed by atoms with Gasteiger partial charge in [0.2, 0.25) is 0 Å². The van der Waals surface area contributed by atoms with E-state index >= 15 is 0 Å². The summed E-state index contributed by atoms with van der Waals surface area (Å²) in [6, 6.07) is 10.4. The number of carbonyl (C=O) groups excluding carboxylic acids is 2. The van der Waals surface area contributed by atoms with Gasteiger partial charge in [0.25, 0.3) is 5.91 Å². The van der Waals surface area contributed by atoms with Gasteiger partial charge in [0.05, 0.1) is 11.6 Å². The highest BCUT2D eigenvalue weighted by atomic mass is 16.3. The highest BCUT2D eigenvalue weighted by Crippen LogP contribution is 2.26. The predicted octanol–water partition coefficient (Wildman–Crippen LogP) is 2.60. The number of amides is 3. The van der Waals surface area contributed by atoms with E-state index in [1.54, 1.807) is 28.0 Å². The zero-order chi connectivity index (χ0) is 21.8. The van der Waals surface area contributed by atoms with Crippen LogP contribution < -0.4 is 5.32 Å². The number of aryl methyl sites for hydroxylation is 1. The van der Waals surface area contributed by atoms with Crippen LogP contribution in [0.15, 0.2) is 40.8 Å². The van der Waals surface area contributed by atoms with Crippen LogP contribution in [0, 0.1) is 6.92 Å². The first-order chi connectivity index (χ1) is 15.0. The van der Waals surface area contributed by atoms with Crippen molar-refractivity contribution in [2.24, 2.45) is 0 Å². The summed E-state index contributed by atoms with van der Waals surface area (Å²) < 4.78 is 5.86. The average molecular weight is 427 g/mol. The van der Waals surface area contributed by atoms with Crippen LogP contribution in [-0.4, -0.2) is 77.6 Å². The van der Waals surface area contributed by atoms with Crippen molar-refractivity contribution in [2.75, 3.05) is 45.8 Å². The van der Waals surface area contributed by atoms with E-state index in [1.807, 2.05) is 19.1 Å². The summed E-state index contributed by atoms with van der Waals surface area (Å²) in [5.74, 6) is 1.53. The summed E-state index contributed by atoms with van der Waals surface area (Å²) in [5.41, 5.74) is 0.294. The summed E-state index contributed by atoms with van der Waals surface area (Å²) in [6.07, 6.45) is 2.33. The van der Waals surface area contributed by atoms with Gasteiger partial charge in [-0.3, -0.25) is 9.69 Å². The summed E-state index contributed by atoms with van der Waals surface area (Å²) in [4.78, 5) is 31.2. The lowest BCUT2D eigenvalue weighted by Gasteiger charge is -2.35. The molecule has 2 saturated heterocycles. The lowest BCUT2D eigenvalue weighted by molar-refractivity contribution is 0.0660. The topological polar surface area (TPSA) is 89.3 Å². The molecule has 2 aromatic rings. The Morgan fingerprint density at radius 1 is 1.00 bits per heavy atom. The summed E-state index contributed by atoms with van der Waals surface area (Å²) in [7, 11) is 0. The number of rotatable bonds is 5. The number of likely N-dealkylation sites (tertiary alicyclic amines) is 1. The van der Waals surface area contributed by atoms with Crippen LogP contribution in [-0.2, 0) is 0 Å². The van der Waals surface area contributed by atoms with Crippen LogP contribution in [0.3, 0.4) is 0 Å². The molecule has 8 heteroatoms. The van der Waals surface area contributed by atoms with Gasteiger partial charge in [-0.2, -0.15) is 0 Å². The van der Waals surface area contributed by atoms with Crippen LogP contribution in [0.25, 0.3) is 0 Å². The van der Waals surface area contributed by atoms with Crippen LogP contribution in [0.1, 0.15) is 40.8 Å². The van der Waals surface area contributed by atoms with Gasteiger partial charge >= 0.3 is 6.03 Å². The van der Waals surface area contributed by atoms with E-state index in [2.05, 4.69) is 10.2 Å². The molecule has 8 nitrogen and oxygen atoms in total. The molecule has 0 saturated carbocycles. The van der Waals surface area contributed by atoms with E-state index in [0.717, 1.165) is 37.5 Å². The minimum Gasteiger partial charge on any atom is -0.507 e. The molecule has 2 fully saturated rings. The molecule has 166 valence electrons. The second-order valence-corrected chi connectivity index (χ2v) is 8.19. The number of furan rings is 1. The molecule has 1 aromatic heterocycles. The minimum atomic E-state index is -0.208. The van der Waals surface area contributed by atoms with E-state index in [1.165, 1.54) is 6.07 Å². The highest BCUT2D eigenvalue weighted by Gasteiger charge is 2.29. The number of phenols is 1. The third kappa shape index (κ3) is 4.85. The smallest absolute Gasteiger partial charge is 0.317 e. The Morgan fingerprint density at radius 2 is 1.68 bits per heavy atom. The zero-order valence-electron chi connectivity index (χ0n) is 17.9. The molecule has 31 heavy (non-hydrogen) atoms. The molecule has 3 heterocycles. The molecule has 3 amide bonds. The van der Waals surface area contributed by atoms with Crippen LogP contribution in [0.2, 0.25) is 0 Å². The Hall–Kier alpha value is -3.00. The highest BCUT2D eigenvalue weighted by molar-refractivity contribution is 5.97. The van der Waals surface area contributed by atoms with Crippen molar-refractivity contribution in [3.8, 4) is 5.75 Å². The number of nitrogens with zero attached hydrogens (tertiary/aromatic N) is 3. The molecule has 1 atom stereocenters. The molecule has 2 aliphatic heterocycles. The number of hydrogen-bond acceptors (Lipinski definition) is 5. The Morgan fingerprint density at radius 3 is 2.32 bits per heavy atom. The fraction of sp³-hybridized carbons (Fsp3) is 0.478. The molecule has 4 rings (SSSR count). The van der Waals surface area contributed by atoms with Crippen molar-refractivity contribution in [2.45, 2.75) is 25.8 Å². The Labute approximate surface area is 182 Å². The van der Waals surface area contributed by atoms with Gasteiger partial charge in [0.1, 0.15) is 17.3 Å². The number of phenolic OH excluding ortho intramolecular Hbond substituents is 1. The van der Waals surface area contributed by atoms with Gasteiger partial charge in [-0.15, -0.1) is 0 Å². The van der Waals surface area contributed by atoms with Crippen LogP contribution in [0.5, 0.6) is 5.75 Å². The van der Waals surface area contributed by atoms with E-state index < -0.39 is 0 Å². The minimum absolute atomic E-state index is 0.0196. The van der Waals surface area contributed by atoms with E-state index in [-0.39, 0.29) is 23.7 Å². The van der Waals surface area contributed by atoms with E-state index in [4.69, 9.17) is 4.42 Å². The molecular formula is C23H30N4O4. The van der Waals surface area contributed by atoms with Crippen molar-refractivity contribution in [3.05, 3.63) is 53.5 Å². The normalized spacial score (nSPS) is 18.2. The monoisotopic (exact) mass is 426 g/mol. The zero-order valence-corrected chi connectivity index (χ0v) is 17.9. The Bertz CT molecular complexity index is 914. The van der Waals surface area contributed by atoms with Crippen molar-refractivity contribution in [3.63, 3.8) is 0 Å². The summed E-state index contributed by atoms with van der Waals surface area (Å²) >= 11 is 0. The number of hydrogen-bond donors (Lipinski definition) is 2. The molecule has 1 unspecified atom stereocenters. The van der Waals surface area contributed by atoms with Gasteiger partial charge in [-0.25, -0.2) is 4.79 Å². The number of benzene rings is 1. The lowest BCUT2D eigenvalue weighted by atomic mass is 10.1. The Balaban J connectivity index is 1.31. The quantitative estimate of drug-likeness (QED) is 0.767. The van der Waals surface area contributed by atoms with Crippen molar-refractivity contribution < 1.29 is 19.1 Å². The van der Waals surface area contributed by atoms with Crippen LogP contribution in [0.4, 0.5) is 4.79 Å². The molecule has 0 radical (unpaired) electrons. The maximum Gasteiger partial charge on any atom is 0.317 e. The van der Waals surface area contributed by atoms with Crippen LogP contribution >= 0.6 is 0 Å². The second-order valence-electron chi connectivity index (χ2n) is 8.19. The van der Waals surface area contributed by atoms with Crippen molar-refractivity contribution in [1.82, 2.24) is 20.0 Å².